The third-order valence-corrected chi connectivity index (χ3v) is 4.16. The second-order valence-electron chi connectivity index (χ2n) is 6.02. The molecule has 126 valence electrons. The van der Waals surface area contributed by atoms with Gasteiger partial charge in [0.25, 0.3) is 0 Å². The Kier molecular flexibility index (Phi) is 7.05. The molecule has 23 heavy (non-hydrogen) atoms. The maximum atomic E-state index is 13.1. The summed E-state index contributed by atoms with van der Waals surface area (Å²) in [4.78, 5) is 0. The summed E-state index contributed by atoms with van der Waals surface area (Å²) in [5.74, 6) is 1.44. The van der Waals surface area contributed by atoms with Crippen LogP contribution in [0.1, 0.15) is 31.7 Å². The quantitative estimate of drug-likeness (QED) is 0.562. The molecule has 0 bridgehead atoms. The number of rotatable bonds is 9. The first-order chi connectivity index (χ1) is 11.1. The fourth-order valence-corrected chi connectivity index (χ4v) is 2.98. The highest BCUT2D eigenvalue weighted by Gasteiger charge is 2.12. The summed E-state index contributed by atoms with van der Waals surface area (Å²) in [5, 5.41) is 12.9. The van der Waals surface area contributed by atoms with Crippen LogP contribution in [-0.2, 0) is 19.5 Å². The van der Waals surface area contributed by atoms with E-state index >= 15 is 0 Å². The first kappa shape index (κ1) is 17.9. The predicted octanol–water partition coefficient (Wildman–Crippen LogP) is 3.52. The Morgan fingerprint density at radius 1 is 1.30 bits per heavy atom. The minimum absolute atomic E-state index is 0.185. The third kappa shape index (κ3) is 5.62. The normalized spacial score (nSPS) is 11.3. The summed E-state index contributed by atoms with van der Waals surface area (Å²) in [5.41, 5.74) is 0.970. The number of thioether (sulfide) groups is 1. The Morgan fingerprint density at radius 2 is 2.13 bits per heavy atom. The Hall–Kier alpha value is -1.40. The Balaban J connectivity index is 1.79. The summed E-state index contributed by atoms with van der Waals surface area (Å²) in [6.07, 6.45) is 3.92. The van der Waals surface area contributed by atoms with E-state index in [0.29, 0.717) is 12.5 Å². The number of aromatic nitrogens is 3. The Labute approximate surface area is 141 Å². The number of halogens is 1. The van der Waals surface area contributed by atoms with Gasteiger partial charge in [-0.15, -0.1) is 10.2 Å². The number of benzene rings is 1. The third-order valence-electron chi connectivity index (χ3n) is 3.50. The summed E-state index contributed by atoms with van der Waals surface area (Å²) in [7, 11) is 0. The van der Waals surface area contributed by atoms with Crippen molar-refractivity contribution >= 4 is 11.8 Å². The van der Waals surface area contributed by atoms with Crippen LogP contribution >= 0.6 is 11.8 Å². The van der Waals surface area contributed by atoms with E-state index in [1.54, 1.807) is 23.9 Å². The van der Waals surface area contributed by atoms with E-state index < -0.39 is 0 Å². The summed E-state index contributed by atoms with van der Waals surface area (Å²) >= 11 is 1.64. The highest BCUT2D eigenvalue weighted by Crippen LogP contribution is 2.16. The van der Waals surface area contributed by atoms with Gasteiger partial charge in [-0.1, -0.05) is 37.7 Å². The summed E-state index contributed by atoms with van der Waals surface area (Å²) in [6, 6.07) is 6.70. The highest BCUT2D eigenvalue weighted by molar-refractivity contribution is 7.98. The van der Waals surface area contributed by atoms with Gasteiger partial charge in [-0.25, -0.2) is 4.39 Å². The lowest BCUT2D eigenvalue weighted by Gasteiger charge is -2.11. The molecule has 1 aromatic heterocycles. The van der Waals surface area contributed by atoms with Crippen molar-refractivity contribution in [3.05, 3.63) is 41.5 Å². The Morgan fingerprint density at radius 3 is 2.83 bits per heavy atom. The van der Waals surface area contributed by atoms with Crippen LogP contribution in [0, 0.1) is 11.7 Å². The molecule has 1 aromatic carbocycles. The largest absolute Gasteiger partial charge is 0.313 e. The van der Waals surface area contributed by atoms with Gasteiger partial charge < -0.3 is 9.88 Å². The minimum atomic E-state index is -0.185. The molecule has 0 amide bonds. The highest BCUT2D eigenvalue weighted by atomic mass is 32.2. The molecule has 4 nitrogen and oxygen atoms in total. The van der Waals surface area contributed by atoms with Gasteiger partial charge in [-0.05, 0) is 42.8 Å². The van der Waals surface area contributed by atoms with E-state index in [2.05, 4.69) is 33.9 Å². The van der Waals surface area contributed by atoms with Crippen molar-refractivity contribution in [2.45, 2.75) is 44.9 Å². The molecule has 2 aromatic rings. The van der Waals surface area contributed by atoms with Crippen LogP contribution in [0.3, 0.4) is 0 Å². The average Bonchev–Trinajstić information content (AvgIpc) is 2.88. The molecule has 2 rings (SSSR count). The van der Waals surface area contributed by atoms with Gasteiger partial charge in [0.2, 0.25) is 0 Å². The Bertz CT molecular complexity index is 612. The molecule has 0 unspecified atom stereocenters. The van der Waals surface area contributed by atoms with Gasteiger partial charge >= 0.3 is 0 Å². The van der Waals surface area contributed by atoms with Crippen molar-refractivity contribution < 1.29 is 4.39 Å². The predicted molar refractivity (Wildman–Crippen MR) is 93.1 cm³/mol. The molecule has 0 spiro atoms. The molecule has 1 N–H and O–H groups in total. The molecule has 0 fully saturated rings. The number of hydrogen-bond acceptors (Lipinski definition) is 4. The van der Waals surface area contributed by atoms with Crippen LogP contribution in [0.4, 0.5) is 4.39 Å². The number of nitrogens with one attached hydrogen (secondary N) is 1. The van der Waals surface area contributed by atoms with Gasteiger partial charge in [0, 0.05) is 19.5 Å². The maximum absolute atomic E-state index is 13.1. The van der Waals surface area contributed by atoms with Gasteiger partial charge in [0.05, 0.1) is 0 Å². The van der Waals surface area contributed by atoms with Crippen molar-refractivity contribution in [1.82, 2.24) is 20.1 Å². The zero-order valence-corrected chi connectivity index (χ0v) is 14.9. The first-order valence-electron chi connectivity index (χ1n) is 8.01. The molecule has 0 saturated carbocycles. The van der Waals surface area contributed by atoms with E-state index in [1.165, 1.54) is 6.07 Å². The molecular weight excluding hydrogens is 311 g/mol. The van der Waals surface area contributed by atoms with Crippen LogP contribution in [0.15, 0.2) is 29.4 Å². The van der Waals surface area contributed by atoms with Gasteiger partial charge in [0.15, 0.2) is 5.16 Å². The van der Waals surface area contributed by atoms with Crippen LogP contribution in [-0.4, -0.2) is 27.6 Å². The lowest BCUT2D eigenvalue weighted by atomic mass is 10.2. The van der Waals surface area contributed by atoms with E-state index in [-0.39, 0.29) is 5.82 Å². The van der Waals surface area contributed by atoms with Crippen molar-refractivity contribution in [1.29, 1.82) is 0 Å². The first-order valence-corrected chi connectivity index (χ1v) is 9.24. The molecule has 0 atom stereocenters. The average molecular weight is 336 g/mol. The molecule has 0 radical (unpaired) electrons. The van der Waals surface area contributed by atoms with E-state index in [9.17, 15) is 4.39 Å². The van der Waals surface area contributed by atoms with Crippen LogP contribution in [0.2, 0.25) is 0 Å². The van der Waals surface area contributed by atoms with Gasteiger partial charge in [0.1, 0.15) is 11.6 Å². The second-order valence-corrected chi connectivity index (χ2v) is 6.79. The molecule has 6 heteroatoms. The second kappa shape index (κ2) is 9.03. The van der Waals surface area contributed by atoms with Crippen LogP contribution in [0.25, 0.3) is 0 Å². The summed E-state index contributed by atoms with van der Waals surface area (Å²) in [6.45, 7) is 6.92. The topological polar surface area (TPSA) is 42.7 Å². The van der Waals surface area contributed by atoms with Crippen molar-refractivity contribution in [2.24, 2.45) is 5.92 Å². The summed E-state index contributed by atoms with van der Waals surface area (Å²) < 4.78 is 15.3. The zero-order chi connectivity index (χ0) is 16.7. The lowest BCUT2D eigenvalue weighted by molar-refractivity contribution is 0.475. The van der Waals surface area contributed by atoms with E-state index in [0.717, 1.165) is 42.5 Å². The SMILES string of the molecule is CSc1nnc(CCCNCc2cccc(F)c2)n1CC(C)C. The number of nitrogens with zero attached hydrogens (tertiary/aromatic N) is 3. The van der Waals surface area contributed by atoms with Gasteiger partial charge in [-0.2, -0.15) is 0 Å². The fraction of sp³-hybridized carbons (Fsp3) is 0.529. The number of aryl methyl sites for hydroxylation is 1. The van der Waals surface area contributed by atoms with Gasteiger partial charge in [-0.3, -0.25) is 0 Å². The molecule has 0 aliphatic rings. The minimum Gasteiger partial charge on any atom is -0.313 e. The van der Waals surface area contributed by atoms with Crippen molar-refractivity contribution in [3.8, 4) is 0 Å². The maximum Gasteiger partial charge on any atom is 0.190 e. The number of hydrogen-bond donors (Lipinski definition) is 1. The molecule has 0 saturated heterocycles. The van der Waals surface area contributed by atoms with Crippen molar-refractivity contribution in [3.63, 3.8) is 0 Å². The van der Waals surface area contributed by atoms with Crippen LogP contribution in [0.5, 0.6) is 0 Å². The molecule has 0 aliphatic carbocycles. The zero-order valence-electron chi connectivity index (χ0n) is 14.1. The lowest BCUT2D eigenvalue weighted by Crippen LogP contribution is -2.17. The van der Waals surface area contributed by atoms with Crippen molar-refractivity contribution in [2.75, 3.05) is 12.8 Å². The monoisotopic (exact) mass is 336 g/mol. The van der Waals surface area contributed by atoms with Crippen LogP contribution < -0.4 is 5.32 Å². The van der Waals surface area contributed by atoms with E-state index in [4.69, 9.17) is 0 Å². The molecular formula is C17H25FN4S. The molecule has 1 heterocycles. The standard InChI is InChI=1S/C17H25FN4S/c1-13(2)12-22-16(20-21-17(22)23-3)8-5-9-19-11-14-6-4-7-15(18)10-14/h4,6-7,10,13,19H,5,8-9,11-12H2,1-3H3. The molecule has 0 aliphatic heterocycles. The van der Waals surface area contributed by atoms with E-state index in [1.807, 2.05) is 12.3 Å². The smallest absolute Gasteiger partial charge is 0.190 e. The fourth-order valence-electron chi connectivity index (χ4n) is 2.45.